The number of tetrazole rings is 1. The topological polar surface area (TPSA) is 126 Å². The molecule has 2 saturated heterocycles. The number of fused-ring (bicyclic) bond motifs is 1. The van der Waals surface area contributed by atoms with Crippen LogP contribution in [0.15, 0.2) is 23.1 Å². The van der Waals surface area contributed by atoms with Gasteiger partial charge in [-0.15, -0.1) is 0 Å². The number of aromatic nitrogens is 6. The van der Waals surface area contributed by atoms with Gasteiger partial charge in [0.2, 0.25) is 5.95 Å². The Bertz CT molecular complexity index is 1320. The van der Waals surface area contributed by atoms with E-state index >= 15 is 0 Å². The Morgan fingerprint density at radius 3 is 2.74 bits per heavy atom. The second-order valence-electron chi connectivity index (χ2n) is 9.72. The molecule has 1 aromatic carbocycles. The number of nitrogens with zero attached hydrogens (tertiary/aromatic N) is 7. The van der Waals surface area contributed by atoms with Gasteiger partial charge in [-0.3, -0.25) is 4.90 Å². The molecule has 0 bridgehead atoms. The molecule has 11 nitrogen and oxygen atoms in total. The Morgan fingerprint density at radius 1 is 1.20 bits per heavy atom. The number of hydrogen-bond acceptors (Lipinski definition) is 9. The third kappa shape index (κ3) is 4.31. The van der Waals surface area contributed by atoms with Crippen LogP contribution in [0.5, 0.6) is 5.75 Å². The molecule has 0 unspecified atom stereocenters. The summed E-state index contributed by atoms with van der Waals surface area (Å²) in [5, 5.41) is 23.3. The zero-order chi connectivity index (χ0) is 24.9. The van der Waals surface area contributed by atoms with Crippen molar-refractivity contribution in [3.8, 4) is 11.4 Å². The van der Waals surface area contributed by atoms with Gasteiger partial charge in [0.25, 0.3) is 0 Å². The third-order valence-electron chi connectivity index (χ3n) is 6.80. The predicted molar refractivity (Wildman–Crippen MR) is 124 cm³/mol. The van der Waals surface area contributed by atoms with Crippen LogP contribution in [0.2, 0.25) is 0 Å². The van der Waals surface area contributed by atoms with E-state index in [1.165, 1.54) is 13.1 Å². The zero-order valence-electron chi connectivity index (χ0n) is 19.7. The van der Waals surface area contributed by atoms with Crippen molar-refractivity contribution in [1.82, 2.24) is 34.7 Å². The van der Waals surface area contributed by atoms with Crippen molar-refractivity contribution in [3.05, 3.63) is 40.4 Å². The molecule has 2 fully saturated rings. The quantitative estimate of drug-likeness (QED) is 0.465. The van der Waals surface area contributed by atoms with Crippen LogP contribution in [-0.4, -0.2) is 63.9 Å². The number of anilines is 3. The van der Waals surface area contributed by atoms with E-state index in [-0.39, 0.29) is 34.7 Å². The van der Waals surface area contributed by atoms with Crippen molar-refractivity contribution in [2.75, 3.05) is 17.2 Å². The van der Waals surface area contributed by atoms with Gasteiger partial charge in [-0.25, -0.2) is 18.6 Å². The first-order valence-electron chi connectivity index (χ1n) is 11.5. The lowest BCUT2D eigenvalue weighted by Gasteiger charge is -2.47. The molecule has 0 aliphatic carbocycles. The Labute approximate surface area is 199 Å². The fraction of sp³-hybridized carbons (Fsp3) is 0.500. The summed E-state index contributed by atoms with van der Waals surface area (Å²) in [7, 11) is 1.39. The highest BCUT2D eigenvalue weighted by Gasteiger charge is 2.43. The summed E-state index contributed by atoms with van der Waals surface area (Å²) in [6, 6.07) is 2.49. The minimum Gasteiger partial charge on any atom is -0.506 e. The molecule has 0 radical (unpaired) electrons. The molecule has 35 heavy (non-hydrogen) atoms. The van der Waals surface area contributed by atoms with Crippen LogP contribution in [0.3, 0.4) is 0 Å². The van der Waals surface area contributed by atoms with Gasteiger partial charge in [-0.05, 0) is 62.6 Å². The van der Waals surface area contributed by atoms with Crippen LogP contribution in [0.25, 0.3) is 5.69 Å². The number of nitrogens with one attached hydrogen (secondary N) is 2. The summed E-state index contributed by atoms with van der Waals surface area (Å²) >= 11 is 0. The first-order valence-corrected chi connectivity index (χ1v) is 11.5. The summed E-state index contributed by atoms with van der Waals surface area (Å²) in [5.74, 6) is -1.95. The number of phenols is 1. The summed E-state index contributed by atoms with van der Waals surface area (Å²) in [5.41, 5.74) is -0.851. The van der Waals surface area contributed by atoms with Crippen LogP contribution >= 0.6 is 0 Å². The average molecular weight is 488 g/mol. The van der Waals surface area contributed by atoms with E-state index in [4.69, 9.17) is 0 Å². The Morgan fingerprint density at radius 2 is 2.00 bits per heavy atom. The van der Waals surface area contributed by atoms with Gasteiger partial charge in [-0.2, -0.15) is 14.3 Å². The normalized spacial score (nSPS) is 21.6. The molecular weight excluding hydrogens is 460 g/mol. The predicted octanol–water partition coefficient (Wildman–Crippen LogP) is 2.30. The third-order valence-corrected chi connectivity index (χ3v) is 6.80. The van der Waals surface area contributed by atoms with Gasteiger partial charge in [-0.1, -0.05) is 0 Å². The molecule has 13 heteroatoms. The van der Waals surface area contributed by atoms with Gasteiger partial charge >= 0.3 is 5.69 Å². The monoisotopic (exact) mass is 487 g/mol. The molecule has 0 saturated carbocycles. The lowest BCUT2D eigenvalue weighted by atomic mass is 9.84. The summed E-state index contributed by atoms with van der Waals surface area (Å²) in [4.78, 5) is 22.8. The van der Waals surface area contributed by atoms with Crippen molar-refractivity contribution >= 4 is 17.5 Å². The number of hydrogen-bond donors (Lipinski definition) is 3. The highest BCUT2D eigenvalue weighted by Crippen LogP contribution is 2.38. The molecule has 4 heterocycles. The van der Waals surface area contributed by atoms with Gasteiger partial charge in [0.15, 0.2) is 17.5 Å². The molecular formula is C22H27F2N9O2. The maximum Gasteiger partial charge on any atom is 0.368 e. The van der Waals surface area contributed by atoms with Gasteiger partial charge in [0.1, 0.15) is 11.4 Å². The number of aryl methyl sites for hydroxylation is 1. The van der Waals surface area contributed by atoms with Gasteiger partial charge < -0.3 is 15.7 Å². The van der Waals surface area contributed by atoms with Crippen molar-refractivity contribution in [3.63, 3.8) is 0 Å². The van der Waals surface area contributed by atoms with E-state index in [2.05, 4.69) is 49.8 Å². The Kier molecular flexibility index (Phi) is 5.66. The first-order chi connectivity index (χ1) is 16.6. The molecule has 5 rings (SSSR count). The minimum atomic E-state index is -0.819. The minimum absolute atomic E-state index is 0.00828. The van der Waals surface area contributed by atoms with Crippen LogP contribution in [0.4, 0.5) is 26.2 Å². The van der Waals surface area contributed by atoms with Crippen molar-refractivity contribution in [2.24, 2.45) is 7.05 Å². The summed E-state index contributed by atoms with van der Waals surface area (Å²) < 4.78 is 31.0. The van der Waals surface area contributed by atoms with Crippen molar-refractivity contribution < 1.29 is 13.9 Å². The van der Waals surface area contributed by atoms with Crippen molar-refractivity contribution in [1.29, 1.82) is 0 Å². The van der Waals surface area contributed by atoms with E-state index in [1.54, 1.807) is 0 Å². The lowest BCUT2D eigenvalue weighted by Crippen LogP contribution is -2.55. The highest BCUT2D eigenvalue weighted by molar-refractivity contribution is 5.63. The number of phenolic OH excluding ortho intramolecular Hbond substituents is 1. The number of benzene rings is 1. The summed E-state index contributed by atoms with van der Waals surface area (Å²) in [6.07, 6.45) is 5.02. The number of rotatable bonds is 5. The molecule has 0 amide bonds. The van der Waals surface area contributed by atoms with Crippen LogP contribution in [0, 0.1) is 11.6 Å². The van der Waals surface area contributed by atoms with Gasteiger partial charge in [0.05, 0.1) is 11.9 Å². The van der Waals surface area contributed by atoms with Crippen LogP contribution in [0.1, 0.15) is 39.5 Å². The molecule has 2 aliphatic rings. The second-order valence-corrected chi connectivity index (χ2v) is 9.72. The largest absolute Gasteiger partial charge is 0.506 e. The van der Waals surface area contributed by atoms with E-state index < -0.39 is 23.1 Å². The standard InChI is InChI=1S/C22H27F2N9O2/c1-22(2)10-12(7-13-5-4-6-32(13)22)26-19-15(24)11-25-20(28-19)27-16-9-17(18(34)8-14(16)23)33-21(35)31(3)29-30-33/h8-9,11-13,34H,4-7,10H2,1-3H3,(H2,25,26,27,28)/t12-,13+/m1/s1. The van der Waals surface area contributed by atoms with Gasteiger partial charge in [0, 0.05) is 30.7 Å². The van der Waals surface area contributed by atoms with E-state index in [0.717, 1.165) is 53.9 Å². The fourth-order valence-electron chi connectivity index (χ4n) is 5.24. The first kappa shape index (κ1) is 23.1. The molecule has 3 N–H and O–H groups in total. The second kappa shape index (κ2) is 8.56. The van der Waals surface area contributed by atoms with Crippen molar-refractivity contribution in [2.45, 2.75) is 57.2 Å². The van der Waals surface area contributed by atoms with E-state index in [0.29, 0.717) is 6.04 Å². The number of piperidine rings is 1. The molecule has 2 aliphatic heterocycles. The molecule has 0 spiro atoms. The molecule has 3 aromatic rings. The Hall–Kier alpha value is -3.61. The van der Waals surface area contributed by atoms with E-state index in [1.807, 2.05) is 0 Å². The Balaban J connectivity index is 1.39. The SMILES string of the molecule is Cn1nnn(-c2cc(Nc3ncc(F)c(N[C@@H]4C[C@@H]5CCCN5C(C)(C)C4)n3)c(F)cc2O)c1=O. The fourth-order valence-corrected chi connectivity index (χ4v) is 5.24. The zero-order valence-corrected chi connectivity index (χ0v) is 19.7. The molecule has 2 aromatic heterocycles. The van der Waals surface area contributed by atoms with E-state index in [9.17, 15) is 18.7 Å². The molecule has 2 atom stereocenters. The number of halogens is 2. The molecule has 186 valence electrons. The highest BCUT2D eigenvalue weighted by atomic mass is 19.1. The maximum absolute atomic E-state index is 14.6. The summed E-state index contributed by atoms with van der Waals surface area (Å²) in [6.45, 7) is 5.49. The average Bonchev–Trinajstić information content (AvgIpc) is 3.40. The maximum atomic E-state index is 14.6. The number of aromatic hydroxyl groups is 1. The lowest BCUT2D eigenvalue weighted by molar-refractivity contribution is 0.0500. The van der Waals surface area contributed by atoms with Crippen LogP contribution < -0.4 is 16.3 Å². The van der Waals surface area contributed by atoms with Crippen LogP contribution in [-0.2, 0) is 7.05 Å². The smallest absolute Gasteiger partial charge is 0.368 e.